The molecule has 0 bridgehead atoms. The molecule has 0 aliphatic carbocycles. The van der Waals surface area contributed by atoms with E-state index in [2.05, 4.69) is 129 Å². The normalized spacial score (nSPS) is 11.7. The molecule has 0 aliphatic heterocycles. The average Bonchev–Trinajstić information content (AvgIpc) is 3.88. The highest BCUT2D eigenvalue weighted by Crippen LogP contribution is 2.44. The third-order valence-corrected chi connectivity index (χ3v) is 10.8. The van der Waals surface area contributed by atoms with Gasteiger partial charge in [0.05, 0.1) is 51.0 Å². The number of furan rings is 1. The van der Waals surface area contributed by atoms with Crippen molar-refractivity contribution in [3.8, 4) is 28.6 Å². The Bertz CT molecular complexity index is 3420. The van der Waals surface area contributed by atoms with Gasteiger partial charge in [-0.05, 0) is 76.5 Å². The van der Waals surface area contributed by atoms with Crippen LogP contribution in [-0.4, -0.2) is 9.13 Å². The van der Waals surface area contributed by atoms with Crippen LogP contribution < -0.4 is 0 Å². The number of rotatable bonds is 3. The van der Waals surface area contributed by atoms with Gasteiger partial charge in [-0.1, -0.05) is 103 Å². The Balaban J connectivity index is 1.21. The molecule has 53 heavy (non-hydrogen) atoms. The fraction of sp³-hybridized carbons (Fsp3) is 0. The number of nitriles is 1. The zero-order chi connectivity index (χ0) is 35.2. The minimum atomic E-state index is 0.453. The molecule has 8 aromatic carbocycles. The molecular formula is C48H26N4O. The van der Waals surface area contributed by atoms with Crippen LogP contribution in [0, 0.1) is 17.9 Å². The third kappa shape index (κ3) is 4.05. The maximum Gasteiger partial charge on any atom is 0.212 e. The largest absolute Gasteiger partial charge is 0.455 e. The van der Waals surface area contributed by atoms with E-state index in [9.17, 15) is 5.26 Å². The van der Waals surface area contributed by atoms with E-state index in [4.69, 9.17) is 11.0 Å². The number of fused-ring (bicyclic) bond motifs is 12. The fourth-order valence-electron chi connectivity index (χ4n) is 8.46. The molecule has 0 saturated carbocycles. The summed E-state index contributed by atoms with van der Waals surface area (Å²) in [7, 11) is 0. The van der Waals surface area contributed by atoms with Gasteiger partial charge in [-0.3, -0.25) is 0 Å². The third-order valence-electron chi connectivity index (χ3n) is 10.8. The first kappa shape index (κ1) is 29.2. The molecule has 0 atom stereocenters. The van der Waals surface area contributed by atoms with Gasteiger partial charge in [-0.15, -0.1) is 0 Å². The Labute approximate surface area is 303 Å². The monoisotopic (exact) mass is 674 g/mol. The van der Waals surface area contributed by atoms with Gasteiger partial charge in [0.1, 0.15) is 17.2 Å². The molecule has 5 heteroatoms. The Morgan fingerprint density at radius 3 is 2.04 bits per heavy atom. The molecular weight excluding hydrogens is 649 g/mol. The van der Waals surface area contributed by atoms with Crippen molar-refractivity contribution in [1.82, 2.24) is 9.13 Å². The summed E-state index contributed by atoms with van der Waals surface area (Å²) in [5, 5.41) is 19.5. The minimum Gasteiger partial charge on any atom is -0.455 e. The van der Waals surface area contributed by atoms with Crippen LogP contribution in [0.5, 0.6) is 0 Å². The maximum atomic E-state index is 10.9. The highest BCUT2D eigenvalue weighted by Gasteiger charge is 2.23. The Morgan fingerprint density at radius 1 is 0.509 bits per heavy atom. The van der Waals surface area contributed by atoms with Crippen LogP contribution in [0.1, 0.15) is 5.56 Å². The number of benzene rings is 8. The maximum absolute atomic E-state index is 10.9. The second-order valence-corrected chi connectivity index (χ2v) is 13.5. The van der Waals surface area contributed by atoms with Crippen molar-refractivity contribution in [2.45, 2.75) is 0 Å². The number of hydrogen-bond donors (Lipinski definition) is 0. The van der Waals surface area contributed by atoms with Gasteiger partial charge in [-0.2, -0.15) is 5.26 Å². The molecule has 3 heterocycles. The van der Waals surface area contributed by atoms with Gasteiger partial charge in [0.15, 0.2) is 0 Å². The van der Waals surface area contributed by atoms with Gasteiger partial charge >= 0.3 is 0 Å². The summed E-state index contributed by atoms with van der Waals surface area (Å²) in [5.74, 6) is 0. The Hall–Kier alpha value is -7.60. The van der Waals surface area contributed by atoms with Crippen molar-refractivity contribution in [3.63, 3.8) is 0 Å². The van der Waals surface area contributed by atoms with Gasteiger partial charge < -0.3 is 13.6 Å². The fourth-order valence-corrected chi connectivity index (χ4v) is 8.46. The predicted octanol–water partition coefficient (Wildman–Crippen LogP) is 13.0. The first-order valence-corrected chi connectivity index (χ1v) is 17.5. The van der Waals surface area contributed by atoms with E-state index in [-0.39, 0.29) is 0 Å². The molecule has 3 aromatic heterocycles. The summed E-state index contributed by atoms with van der Waals surface area (Å²) >= 11 is 0. The molecule has 11 rings (SSSR count). The van der Waals surface area contributed by atoms with Crippen molar-refractivity contribution >= 4 is 82.0 Å². The van der Waals surface area contributed by atoms with E-state index in [1.54, 1.807) is 0 Å². The SMILES string of the molecule is [C-]#[N+]c1cc(-n2c3ccccc3c3c4oc5ccccc5c4ccc32)c(C#N)cc1-n1c2ccc(-c3ccccc3)cc2c2c3ccccc3ccc21. The molecule has 244 valence electrons. The highest BCUT2D eigenvalue weighted by atomic mass is 16.3. The zero-order valence-corrected chi connectivity index (χ0v) is 28.2. The summed E-state index contributed by atoms with van der Waals surface area (Å²) in [6.07, 6.45) is 0. The predicted molar refractivity (Wildman–Crippen MR) is 216 cm³/mol. The van der Waals surface area contributed by atoms with E-state index < -0.39 is 0 Å². The summed E-state index contributed by atoms with van der Waals surface area (Å²) in [4.78, 5) is 4.14. The Morgan fingerprint density at radius 2 is 1.19 bits per heavy atom. The van der Waals surface area contributed by atoms with Crippen molar-refractivity contribution in [1.29, 1.82) is 5.26 Å². The second kappa shape index (κ2) is 10.9. The lowest BCUT2D eigenvalue weighted by molar-refractivity contribution is 0.673. The first-order valence-electron chi connectivity index (χ1n) is 17.5. The molecule has 0 saturated heterocycles. The first-order chi connectivity index (χ1) is 26.2. The molecule has 0 unspecified atom stereocenters. The number of nitrogens with zero attached hydrogens (tertiary/aromatic N) is 4. The van der Waals surface area contributed by atoms with Crippen LogP contribution in [0.15, 0.2) is 162 Å². The molecule has 5 nitrogen and oxygen atoms in total. The topological polar surface area (TPSA) is 51.1 Å². The molecule has 0 fully saturated rings. The number of hydrogen-bond acceptors (Lipinski definition) is 2. The molecule has 11 aromatic rings. The summed E-state index contributed by atoms with van der Waals surface area (Å²) in [6, 6.07) is 56.4. The standard InChI is InChI=1S/C48H26N4O/c1-50-38-27-43(51-39-17-9-7-16-36(39)47-42(51)24-21-35-34-15-8-10-18-45(34)53-48(35)47)32(28-49)26-44(38)52-40-22-20-31(29-11-3-2-4-12-29)25-37(40)46-33-14-6-5-13-30(33)19-23-41(46)52/h2-27H. The lowest BCUT2D eigenvalue weighted by Crippen LogP contribution is -2.01. The Kier molecular flexibility index (Phi) is 6.02. The summed E-state index contributed by atoms with van der Waals surface area (Å²) in [6.45, 7) is 8.53. The van der Waals surface area contributed by atoms with Crippen molar-refractivity contribution in [3.05, 3.63) is 175 Å². The number of aromatic nitrogens is 2. The molecule has 0 radical (unpaired) electrons. The molecule has 0 N–H and O–H groups in total. The lowest BCUT2D eigenvalue weighted by atomic mass is 10.0. The lowest BCUT2D eigenvalue weighted by Gasteiger charge is -2.16. The van der Waals surface area contributed by atoms with Crippen molar-refractivity contribution < 1.29 is 4.42 Å². The van der Waals surface area contributed by atoms with Gasteiger partial charge in [0.2, 0.25) is 5.69 Å². The van der Waals surface area contributed by atoms with Gasteiger partial charge in [-0.25, -0.2) is 4.85 Å². The highest BCUT2D eigenvalue weighted by molar-refractivity contribution is 6.24. The van der Waals surface area contributed by atoms with E-state index >= 15 is 0 Å². The molecule has 0 aliphatic rings. The second-order valence-electron chi connectivity index (χ2n) is 13.5. The number of para-hydroxylation sites is 2. The van der Waals surface area contributed by atoms with Crippen molar-refractivity contribution in [2.75, 3.05) is 0 Å². The van der Waals surface area contributed by atoms with E-state index in [0.717, 1.165) is 87.4 Å². The zero-order valence-electron chi connectivity index (χ0n) is 28.2. The van der Waals surface area contributed by atoms with Crippen LogP contribution in [0.3, 0.4) is 0 Å². The van der Waals surface area contributed by atoms with Crippen LogP contribution in [0.2, 0.25) is 0 Å². The summed E-state index contributed by atoms with van der Waals surface area (Å²) in [5.41, 5.74) is 9.95. The van der Waals surface area contributed by atoms with Gasteiger partial charge in [0.25, 0.3) is 0 Å². The van der Waals surface area contributed by atoms with Gasteiger partial charge in [0, 0.05) is 26.9 Å². The van der Waals surface area contributed by atoms with Crippen LogP contribution >= 0.6 is 0 Å². The average molecular weight is 675 g/mol. The molecule has 0 amide bonds. The summed E-state index contributed by atoms with van der Waals surface area (Å²) < 4.78 is 10.8. The minimum absolute atomic E-state index is 0.453. The quantitative estimate of drug-likeness (QED) is 0.175. The molecule has 0 spiro atoms. The van der Waals surface area contributed by atoms with Crippen LogP contribution in [0.25, 0.3) is 104 Å². The van der Waals surface area contributed by atoms with E-state index in [1.807, 2.05) is 48.5 Å². The van der Waals surface area contributed by atoms with Crippen LogP contribution in [0.4, 0.5) is 5.69 Å². The van der Waals surface area contributed by atoms with E-state index in [1.165, 1.54) is 0 Å². The smallest absolute Gasteiger partial charge is 0.212 e. The van der Waals surface area contributed by atoms with E-state index in [0.29, 0.717) is 22.6 Å². The van der Waals surface area contributed by atoms with Crippen molar-refractivity contribution in [2.24, 2.45) is 0 Å². The van der Waals surface area contributed by atoms with Crippen LogP contribution in [-0.2, 0) is 0 Å².